The summed E-state index contributed by atoms with van der Waals surface area (Å²) in [6.45, 7) is 4.26. The second-order valence-corrected chi connectivity index (χ2v) is 7.70. The van der Waals surface area contributed by atoms with Crippen LogP contribution >= 0.6 is 11.3 Å². The summed E-state index contributed by atoms with van der Waals surface area (Å²) in [5.74, 6) is 0.696. The topological polar surface area (TPSA) is 55.6 Å². The van der Waals surface area contributed by atoms with Crippen molar-refractivity contribution < 1.29 is 0 Å². The maximum Gasteiger partial charge on any atom is 0.110 e. The quantitative estimate of drug-likeness (QED) is 0.741. The van der Waals surface area contributed by atoms with Gasteiger partial charge in [0.1, 0.15) is 5.01 Å². The van der Waals surface area contributed by atoms with Crippen LogP contribution in [0.15, 0.2) is 42.7 Å². The van der Waals surface area contributed by atoms with Gasteiger partial charge in [-0.05, 0) is 44.7 Å². The van der Waals surface area contributed by atoms with Gasteiger partial charge in [0.2, 0.25) is 0 Å². The summed E-state index contributed by atoms with van der Waals surface area (Å²) in [7, 11) is 0. The fraction of sp³-hybridized carbons (Fsp3) is 0.389. The monoisotopic (exact) mass is 339 g/mol. The third-order valence-electron chi connectivity index (χ3n) is 4.40. The van der Waals surface area contributed by atoms with Crippen LogP contribution in [-0.2, 0) is 0 Å². The van der Waals surface area contributed by atoms with Crippen LogP contribution < -0.4 is 5.32 Å². The van der Waals surface area contributed by atoms with Crippen molar-refractivity contribution in [2.24, 2.45) is 5.92 Å². The molecule has 2 heterocycles. The highest BCUT2D eigenvalue weighted by Gasteiger charge is 2.35. The Bertz CT molecular complexity index is 806. The fourth-order valence-electron chi connectivity index (χ4n) is 2.89. The zero-order valence-corrected chi connectivity index (χ0v) is 14.7. The highest BCUT2D eigenvalue weighted by atomic mass is 32.1. The molecule has 2 atom stereocenters. The van der Waals surface area contributed by atoms with Gasteiger partial charge in [0.05, 0.1) is 29.7 Å². The number of nitrogens with zero attached hydrogens (tertiary/aromatic N) is 4. The van der Waals surface area contributed by atoms with Crippen LogP contribution in [-0.4, -0.2) is 20.0 Å². The summed E-state index contributed by atoms with van der Waals surface area (Å²) in [5.41, 5.74) is 1.98. The van der Waals surface area contributed by atoms with Gasteiger partial charge in [-0.15, -0.1) is 16.4 Å². The minimum atomic E-state index is 0.136. The average Bonchev–Trinajstić information content (AvgIpc) is 3.15. The molecule has 1 aliphatic carbocycles. The molecule has 5 nitrogen and oxygen atoms in total. The standard InChI is InChI=1S/C18H21N5S/c1-12-10-19-18(24-12)17(14-8-9-14)20-13(2)16-11-23(22-21-16)15-6-4-3-5-7-15/h3-7,10-11,13-14,17,20H,8-9H2,1-2H3/t13-,17-/m0/s1. The largest absolute Gasteiger partial charge is 0.299 e. The first kappa shape index (κ1) is 15.5. The van der Waals surface area contributed by atoms with E-state index in [1.165, 1.54) is 22.7 Å². The normalized spacial score (nSPS) is 16.9. The minimum absolute atomic E-state index is 0.136. The van der Waals surface area contributed by atoms with Crippen LogP contribution in [0.1, 0.15) is 47.4 Å². The van der Waals surface area contributed by atoms with Gasteiger partial charge in [-0.2, -0.15) is 0 Å². The lowest BCUT2D eigenvalue weighted by molar-refractivity contribution is 0.420. The van der Waals surface area contributed by atoms with E-state index in [-0.39, 0.29) is 6.04 Å². The molecule has 1 aromatic carbocycles. The van der Waals surface area contributed by atoms with Crippen LogP contribution in [0.5, 0.6) is 0 Å². The highest BCUT2D eigenvalue weighted by molar-refractivity contribution is 7.11. The number of thiazole rings is 1. The third kappa shape index (κ3) is 3.25. The van der Waals surface area contributed by atoms with Gasteiger partial charge in [0.25, 0.3) is 0 Å². The van der Waals surface area contributed by atoms with Crippen LogP contribution in [0, 0.1) is 12.8 Å². The molecule has 1 aliphatic rings. The molecule has 0 radical (unpaired) electrons. The fourth-order valence-corrected chi connectivity index (χ4v) is 3.82. The van der Waals surface area contributed by atoms with Gasteiger partial charge < -0.3 is 0 Å². The average molecular weight is 339 g/mol. The van der Waals surface area contributed by atoms with Gasteiger partial charge in [-0.25, -0.2) is 9.67 Å². The molecule has 24 heavy (non-hydrogen) atoms. The molecule has 0 amide bonds. The molecule has 0 bridgehead atoms. The van der Waals surface area contributed by atoms with Crippen LogP contribution in [0.2, 0.25) is 0 Å². The zero-order valence-electron chi connectivity index (χ0n) is 13.9. The number of para-hydroxylation sites is 1. The molecular weight excluding hydrogens is 318 g/mol. The van der Waals surface area contributed by atoms with E-state index in [1.54, 1.807) is 11.3 Å². The lowest BCUT2D eigenvalue weighted by atomic mass is 10.1. The van der Waals surface area contributed by atoms with Crippen molar-refractivity contribution >= 4 is 11.3 Å². The number of hydrogen-bond acceptors (Lipinski definition) is 5. The molecular formula is C18H21N5S. The Morgan fingerprint density at radius 1 is 1.25 bits per heavy atom. The molecule has 1 N–H and O–H groups in total. The lowest BCUT2D eigenvalue weighted by Crippen LogP contribution is -2.26. The molecule has 0 spiro atoms. The maximum atomic E-state index is 4.59. The van der Waals surface area contributed by atoms with Crippen molar-refractivity contribution in [3.05, 3.63) is 58.3 Å². The summed E-state index contributed by atoms with van der Waals surface area (Å²) in [4.78, 5) is 5.86. The Morgan fingerprint density at radius 2 is 2.04 bits per heavy atom. The Labute approximate surface area is 145 Å². The van der Waals surface area contributed by atoms with Gasteiger partial charge in [0.15, 0.2) is 0 Å². The van der Waals surface area contributed by atoms with Gasteiger partial charge in [-0.3, -0.25) is 5.32 Å². The maximum absolute atomic E-state index is 4.59. The van der Waals surface area contributed by atoms with Crippen molar-refractivity contribution in [2.45, 2.75) is 38.8 Å². The molecule has 1 saturated carbocycles. The van der Waals surface area contributed by atoms with Crippen molar-refractivity contribution in [1.29, 1.82) is 0 Å². The summed E-state index contributed by atoms with van der Waals surface area (Å²) in [6, 6.07) is 10.5. The molecule has 2 aromatic heterocycles. The van der Waals surface area contributed by atoms with E-state index in [2.05, 4.69) is 34.5 Å². The Kier molecular flexibility index (Phi) is 4.16. The molecule has 124 valence electrons. The van der Waals surface area contributed by atoms with E-state index in [1.807, 2.05) is 47.4 Å². The molecule has 0 aliphatic heterocycles. The van der Waals surface area contributed by atoms with Gasteiger partial charge in [0, 0.05) is 11.1 Å². The summed E-state index contributed by atoms with van der Waals surface area (Å²) < 4.78 is 1.83. The van der Waals surface area contributed by atoms with Crippen molar-refractivity contribution in [3.63, 3.8) is 0 Å². The Morgan fingerprint density at radius 3 is 2.71 bits per heavy atom. The first-order chi connectivity index (χ1) is 11.7. The van der Waals surface area contributed by atoms with E-state index in [4.69, 9.17) is 0 Å². The van der Waals surface area contributed by atoms with Crippen LogP contribution in [0.4, 0.5) is 0 Å². The Hall–Kier alpha value is -2.05. The predicted molar refractivity (Wildman–Crippen MR) is 95.2 cm³/mol. The third-order valence-corrected chi connectivity index (χ3v) is 5.40. The van der Waals surface area contributed by atoms with Crippen molar-refractivity contribution in [1.82, 2.24) is 25.3 Å². The SMILES string of the molecule is Cc1cnc([C@@H](N[C@@H](C)c2cn(-c3ccccc3)nn2)C2CC2)s1. The van der Waals surface area contributed by atoms with Crippen molar-refractivity contribution in [3.8, 4) is 5.69 Å². The second-order valence-electron chi connectivity index (χ2n) is 6.44. The lowest BCUT2D eigenvalue weighted by Gasteiger charge is -2.20. The number of nitrogens with one attached hydrogen (secondary N) is 1. The van der Waals surface area contributed by atoms with E-state index >= 15 is 0 Å². The number of aromatic nitrogens is 4. The molecule has 1 fully saturated rings. The molecule has 6 heteroatoms. The van der Waals surface area contributed by atoms with E-state index in [0.717, 1.165) is 11.4 Å². The van der Waals surface area contributed by atoms with Crippen LogP contribution in [0.25, 0.3) is 5.69 Å². The minimum Gasteiger partial charge on any atom is -0.299 e. The van der Waals surface area contributed by atoms with E-state index < -0.39 is 0 Å². The van der Waals surface area contributed by atoms with E-state index in [0.29, 0.717) is 12.0 Å². The van der Waals surface area contributed by atoms with Gasteiger partial charge in [-0.1, -0.05) is 23.4 Å². The number of rotatable bonds is 6. The molecule has 0 unspecified atom stereocenters. The predicted octanol–water partition coefficient (Wildman–Crippen LogP) is 3.83. The first-order valence-corrected chi connectivity index (χ1v) is 9.18. The van der Waals surface area contributed by atoms with Crippen LogP contribution in [0.3, 0.4) is 0 Å². The van der Waals surface area contributed by atoms with Gasteiger partial charge >= 0.3 is 0 Å². The number of benzene rings is 1. The highest BCUT2D eigenvalue weighted by Crippen LogP contribution is 2.43. The molecule has 0 saturated heterocycles. The first-order valence-electron chi connectivity index (χ1n) is 8.37. The van der Waals surface area contributed by atoms with Crippen molar-refractivity contribution in [2.75, 3.05) is 0 Å². The Balaban J connectivity index is 1.51. The smallest absolute Gasteiger partial charge is 0.110 e. The summed E-state index contributed by atoms with van der Waals surface area (Å²) >= 11 is 1.79. The summed E-state index contributed by atoms with van der Waals surface area (Å²) in [5, 5.41) is 13.5. The summed E-state index contributed by atoms with van der Waals surface area (Å²) in [6.07, 6.45) is 6.52. The molecule has 4 rings (SSSR count). The number of hydrogen-bond donors (Lipinski definition) is 1. The van der Waals surface area contributed by atoms with E-state index in [9.17, 15) is 0 Å². The molecule has 3 aromatic rings. The zero-order chi connectivity index (χ0) is 16.5. The second kappa shape index (κ2) is 6.45. The number of aryl methyl sites for hydroxylation is 1.